The fraction of sp³-hybridized carbons (Fsp3) is 0. The van der Waals surface area contributed by atoms with Crippen molar-refractivity contribution in [1.82, 2.24) is 5.43 Å². The average molecular weight is 723 g/mol. The third kappa shape index (κ3) is 8.78. The van der Waals surface area contributed by atoms with Crippen molar-refractivity contribution < 1.29 is 32.3 Å². The minimum atomic E-state index is -4.05. The number of ether oxygens (including phenoxy) is 2. The van der Waals surface area contributed by atoms with Crippen molar-refractivity contribution in [2.75, 3.05) is 4.72 Å². The molecule has 0 atom stereocenters. The summed E-state index contributed by atoms with van der Waals surface area (Å²) in [5.41, 5.74) is 2.97. The maximum Gasteiger partial charge on any atom is 0.343 e. The van der Waals surface area contributed by atoms with Crippen LogP contribution in [-0.2, 0) is 10.0 Å². The highest BCUT2D eigenvalue weighted by Gasteiger charge is 2.19. The number of esters is 2. The van der Waals surface area contributed by atoms with Gasteiger partial charge in [0.2, 0.25) is 0 Å². The van der Waals surface area contributed by atoms with Crippen LogP contribution in [0.2, 0.25) is 15.1 Å². The van der Waals surface area contributed by atoms with Crippen molar-refractivity contribution in [3.63, 3.8) is 0 Å². The summed E-state index contributed by atoms with van der Waals surface area (Å²) in [4.78, 5) is 38.7. The molecule has 0 aliphatic heterocycles. The highest BCUT2D eigenvalue weighted by molar-refractivity contribution is 7.92. The standard InChI is InChI=1S/C34H22Cl3N3O7S/c35-24-10-5-21(6-11-24)33(42)46-27-16-9-23(31(19-27)47-34(43)22-7-12-25(36)13-8-22)20-38-39-32(41)29-3-1-2-4-30(29)40-48(44,45)28-17-14-26(37)15-18-28/h1-20,40H,(H,39,41)/b38-20-. The number of nitrogens with one attached hydrogen (secondary N) is 2. The van der Waals surface area contributed by atoms with Crippen molar-refractivity contribution in [2.24, 2.45) is 5.10 Å². The summed E-state index contributed by atoms with van der Waals surface area (Å²) in [6.07, 6.45) is 1.20. The van der Waals surface area contributed by atoms with Gasteiger partial charge in [0, 0.05) is 26.7 Å². The van der Waals surface area contributed by atoms with Crippen LogP contribution in [0.3, 0.4) is 0 Å². The molecule has 0 aliphatic carbocycles. The van der Waals surface area contributed by atoms with Gasteiger partial charge in [0.15, 0.2) is 0 Å². The van der Waals surface area contributed by atoms with Crippen LogP contribution in [-0.4, -0.2) is 32.5 Å². The Morgan fingerprint density at radius 1 is 0.667 bits per heavy atom. The third-order valence-corrected chi connectivity index (χ3v) is 8.61. The number of amides is 1. The Morgan fingerprint density at radius 3 is 1.81 bits per heavy atom. The molecule has 1 amide bonds. The normalized spacial score (nSPS) is 11.1. The summed E-state index contributed by atoms with van der Waals surface area (Å²) >= 11 is 17.7. The molecule has 0 saturated heterocycles. The largest absolute Gasteiger partial charge is 0.423 e. The molecule has 14 heteroatoms. The Labute approximate surface area is 289 Å². The lowest BCUT2D eigenvalue weighted by molar-refractivity contribution is 0.0731. The molecule has 0 aromatic heterocycles. The van der Waals surface area contributed by atoms with Crippen molar-refractivity contribution in [1.29, 1.82) is 0 Å². The first-order chi connectivity index (χ1) is 23.0. The maximum absolute atomic E-state index is 13.1. The topological polar surface area (TPSA) is 140 Å². The summed E-state index contributed by atoms with van der Waals surface area (Å²) in [7, 11) is -4.05. The van der Waals surface area contributed by atoms with E-state index in [2.05, 4.69) is 15.2 Å². The molecular formula is C34H22Cl3N3O7S. The first kappa shape index (κ1) is 34.1. The number of carbonyl (C=O) groups is 3. The predicted molar refractivity (Wildman–Crippen MR) is 183 cm³/mol. The lowest BCUT2D eigenvalue weighted by atomic mass is 10.2. The first-order valence-electron chi connectivity index (χ1n) is 13.8. The van der Waals surface area contributed by atoms with E-state index in [1.807, 2.05) is 0 Å². The molecule has 0 unspecified atom stereocenters. The van der Waals surface area contributed by atoms with Gasteiger partial charge in [-0.3, -0.25) is 9.52 Å². The number of nitrogens with zero attached hydrogens (tertiary/aromatic N) is 1. The van der Waals surface area contributed by atoms with Gasteiger partial charge in [0.25, 0.3) is 15.9 Å². The zero-order valence-electron chi connectivity index (χ0n) is 24.4. The molecule has 0 fully saturated rings. The number of para-hydroxylation sites is 1. The molecule has 10 nitrogen and oxygen atoms in total. The summed E-state index contributed by atoms with van der Waals surface area (Å²) < 4.78 is 39.3. The van der Waals surface area contributed by atoms with E-state index < -0.39 is 27.9 Å². The Bertz CT molecular complexity index is 2120. The number of benzene rings is 5. The highest BCUT2D eigenvalue weighted by Crippen LogP contribution is 2.27. The molecule has 48 heavy (non-hydrogen) atoms. The summed E-state index contributed by atoms with van der Waals surface area (Å²) in [5, 5.41) is 5.21. The molecule has 2 N–H and O–H groups in total. The quantitative estimate of drug-likeness (QED) is 0.0653. The summed E-state index contributed by atoms with van der Waals surface area (Å²) in [5.74, 6) is -2.16. The van der Waals surface area contributed by atoms with Crippen LogP contribution in [0.4, 0.5) is 5.69 Å². The molecule has 0 saturated carbocycles. The minimum absolute atomic E-state index is 0.00425. The summed E-state index contributed by atoms with van der Waals surface area (Å²) in [6, 6.07) is 27.7. The van der Waals surface area contributed by atoms with Gasteiger partial charge in [0.05, 0.1) is 33.5 Å². The van der Waals surface area contributed by atoms with E-state index in [1.54, 1.807) is 24.3 Å². The average Bonchev–Trinajstić information content (AvgIpc) is 3.06. The number of halogens is 3. The zero-order chi connectivity index (χ0) is 34.3. The molecule has 0 spiro atoms. The lowest BCUT2D eigenvalue weighted by Gasteiger charge is -2.12. The van der Waals surface area contributed by atoms with Crippen LogP contribution < -0.4 is 19.6 Å². The van der Waals surface area contributed by atoms with Crippen molar-refractivity contribution in [2.45, 2.75) is 4.90 Å². The number of hydrazone groups is 1. The Hall–Kier alpha value is -5.20. The monoisotopic (exact) mass is 721 g/mol. The van der Waals surface area contributed by atoms with Gasteiger partial charge >= 0.3 is 11.9 Å². The highest BCUT2D eigenvalue weighted by atomic mass is 35.5. The van der Waals surface area contributed by atoms with Crippen LogP contribution in [0, 0.1) is 0 Å². The van der Waals surface area contributed by atoms with Crippen LogP contribution in [0.15, 0.2) is 125 Å². The van der Waals surface area contributed by atoms with E-state index in [9.17, 15) is 22.8 Å². The molecule has 0 radical (unpaired) electrons. The number of hydrogen-bond acceptors (Lipinski definition) is 8. The fourth-order valence-electron chi connectivity index (χ4n) is 4.08. The summed E-state index contributed by atoms with van der Waals surface area (Å²) in [6.45, 7) is 0. The van der Waals surface area contributed by atoms with E-state index in [0.717, 1.165) is 0 Å². The molecular weight excluding hydrogens is 701 g/mol. The SMILES string of the molecule is O=C(Oc1ccc(/C=N\NC(=O)c2ccccc2NS(=O)(=O)c2ccc(Cl)cc2)c(OC(=O)c2ccc(Cl)cc2)c1)c1ccc(Cl)cc1. The van der Waals surface area contributed by atoms with Crippen molar-refractivity contribution in [3.8, 4) is 11.5 Å². The zero-order valence-corrected chi connectivity index (χ0v) is 27.5. The molecule has 5 aromatic carbocycles. The van der Waals surface area contributed by atoms with Gasteiger partial charge in [-0.25, -0.2) is 23.4 Å². The van der Waals surface area contributed by atoms with Crippen LogP contribution in [0.5, 0.6) is 11.5 Å². The smallest absolute Gasteiger partial charge is 0.343 e. The lowest BCUT2D eigenvalue weighted by Crippen LogP contribution is -2.21. The minimum Gasteiger partial charge on any atom is -0.423 e. The molecule has 5 rings (SSSR count). The number of carbonyl (C=O) groups excluding carboxylic acids is 3. The number of hydrogen-bond donors (Lipinski definition) is 2. The van der Waals surface area contributed by atoms with E-state index in [4.69, 9.17) is 44.3 Å². The molecule has 0 bridgehead atoms. The Balaban J connectivity index is 1.36. The third-order valence-electron chi connectivity index (χ3n) is 6.47. The van der Waals surface area contributed by atoms with Gasteiger partial charge < -0.3 is 9.47 Å². The van der Waals surface area contributed by atoms with Crippen molar-refractivity contribution >= 4 is 74.6 Å². The van der Waals surface area contributed by atoms with Gasteiger partial charge in [-0.2, -0.15) is 5.10 Å². The predicted octanol–water partition coefficient (Wildman–Crippen LogP) is 7.65. The first-order valence-corrected chi connectivity index (χ1v) is 16.4. The van der Waals surface area contributed by atoms with E-state index in [-0.39, 0.29) is 44.3 Å². The van der Waals surface area contributed by atoms with Gasteiger partial charge in [-0.15, -0.1) is 0 Å². The molecule has 0 aliphatic rings. The molecule has 5 aromatic rings. The van der Waals surface area contributed by atoms with E-state index >= 15 is 0 Å². The second-order valence-corrected chi connectivity index (χ2v) is 12.8. The second-order valence-electron chi connectivity index (χ2n) is 9.80. The van der Waals surface area contributed by atoms with Crippen LogP contribution >= 0.6 is 34.8 Å². The second kappa shape index (κ2) is 15.1. The van der Waals surface area contributed by atoms with Crippen LogP contribution in [0.1, 0.15) is 36.6 Å². The maximum atomic E-state index is 13.1. The van der Waals surface area contributed by atoms with E-state index in [1.165, 1.54) is 97.2 Å². The molecule has 242 valence electrons. The number of anilines is 1. The number of sulfonamides is 1. The van der Waals surface area contributed by atoms with E-state index in [0.29, 0.717) is 15.1 Å². The van der Waals surface area contributed by atoms with Gasteiger partial charge in [0.1, 0.15) is 11.5 Å². The number of rotatable bonds is 10. The fourth-order valence-corrected chi connectivity index (χ4v) is 5.54. The van der Waals surface area contributed by atoms with Crippen molar-refractivity contribution in [3.05, 3.63) is 153 Å². The Morgan fingerprint density at radius 2 is 1.21 bits per heavy atom. The van der Waals surface area contributed by atoms with Crippen LogP contribution in [0.25, 0.3) is 0 Å². The van der Waals surface area contributed by atoms with Gasteiger partial charge in [-0.05, 0) is 97.1 Å². The van der Waals surface area contributed by atoms with Gasteiger partial charge in [-0.1, -0.05) is 46.9 Å². The molecule has 0 heterocycles. The Kier molecular flexibility index (Phi) is 10.8.